The number of hydrogen-bond acceptors (Lipinski definition) is 12. The Morgan fingerprint density at radius 1 is 0.729 bits per heavy atom. The van der Waals surface area contributed by atoms with Gasteiger partial charge in [0.15, 0.2) is 5.75 Å². The highest BCUT2D eigenvalue weighted by Crippen LogP contribution is 2.45. The summed E-state index contributed by atoms with van der Waals surface area (Å²) in [4.78, 5) is 3.48. The first-order valence-corrected chi connectivity index (χ1v) is 17.8. The van der Waals surface area contributed by atoms with Gasteiger partial charge >= 0.3 is 0 Å². The molecule has 0 amide bonds. The molecule has 0 saturated carbocycles. The van der Waals surface area contributed by atoms with E-state index in [0.29, 0.717) is 43.1 Å². The lowest BCUT2D eigenvalue weighted by molar-refractivity contribution is 0.472. The van der Waals surface area contributed by atoms with Gasteiger partial charge in [-0.15, -0.1) is 21.6 Å². The van der Waals surface area contributed by atoms with E-state index in [1.54, 1.807) is 50.2 Å². The van der Waals surface area contributed by atoms with Crippen LogP contribution in [0.4, 0.5) is 28.4 Å². The fraction of sp³-hybridized carbons (Fsp3) is 0.0645. The largest absolute Gasteiger partial charge is 0.505 e. The molecule has 0 fully saturated rings. The second-order valence-electron chi connectivity index (χ2n) is 10.6. The van der Waals surface area contributed by atoms with Crippen molar-refractivity contribution in [2.75, 3.05) is 5.73 Å². The molecular weight excluding hydrogens is 700 g/mol. The number of aryl methyl sites for hydroxylation is 2. The quantitative estimate of drug-likeness (QED) is 0.0701. The summed E-state index contributed by atoms with van der Waals surface area (Å²) in [5.74, 6) is -0.509. The molecule has 0 saturated heterocycles. The van der Waals surface area contributed by atoms with Crippen molar-refractivity contribution < 1.29 is 31.0 Å². The van der Waals surface area contributed by atoms with E-state index in [-0.39, 0.29) is 21.8 Å². The van der Waals surface area contributed by atoms with Crippen molar-refractivity contribution in [3.63, 3.8) is 0 Å². The maximum atomic E-state index is 12.6. The molecule has 48 heavy (non-hydrogen) atoms. The Hall–Kier alpha value is -4.84. The van der Waals surface area contributed by atoms with Crippen LogP contribution in [-0.4, -0.2) is 36.0 Å². The molecule has 0 aliphatic heterocycles. The molecule has 1 aromatic heterocycles. The summed E-state index contributed by atoms with van der Waals surface area (Å²) in [5, 5.41) is 28.9. The van der Waals surface area contributed by atoms with E-state index in [0.717, 1.165) is 11.6 Å². The third-order valence-electron chi connectivity index (χ3n) is 7.26. The van der Waals surface area contributed by atoms with Gasteiger partial charge in [-0.1, -0.05) is 11.6 Å². The molecule has 5 aromatic carbocycles. The van der Waals surface area contributed by atoms with Crippen LogP contribution in [0.1, 0.15) is 11.1 Å². The smallest absolute Gasteiger partial charge is 0.296 e. The number of phenols is 1. The highest BCUT2D eigenvalue weighted by molar-refractivity contribution is 7.86. The number of aromatic hydroxyl groups is 1. The van der Waals surface area contributed by atoms with Crippen LogP contribution in [0.2, 0.25) is 5.02 Å². The summed E-state index contributed by atoms with van der Waals surface area (Å²) in [7, 11) is -9.51. The van der Waals surface area contributed by atoms with Gasteiger partial charge in [0.1, 0.15) is 26.2 Å². The number of rotatable bonds is 7. The minimum absolute atomic E-state index is 0.0817. The highest BCUT2D eigenvalue weighted by Gasteiger charge is 2.24. The van der Waals surface area contributed by atoms with Crippen LogP contribution in [0.3, 0.4) is 0 Å². The number of anilines is 1. The van der Waals surface area contributed by atoms with Crippen molar-refractivity contribution in [1.29, 1.82) is 0 Å². The van der Waals surface area contributed by atoms with E-state index >= 15 is 0 Å². The number of nitrogen functional groups attached to an aromatic ring is 1. The maximum absolute atomic E-state index is 12.6. The number of fused-ring (bicyclic) bond motifs is 3. The number of nitrogens with two attached hydrogens (primary N) is 1. The zero-order valence-corrected chi connectivity index (χ0v) is 28.0. The molecule has 0 aliphatic carbocycles. The van der Waals surface area contributed by atoms with Crippen molar-refractivity contribution >= 4 is 92.6 Å². The van der Waals surface area contributed by atoms with E-state index in [1.807, 2.05) is 12.1 Å². The molecule has 0 spiro atoms. The predicted molar refractivity (Wildman–Crippen MR) is 184 cm³/mol. The fourth-order valence-electron chi connectivity index (χ4n) is 4.84. The first-order chi connectivity index (χ1) is 22.6. The molecule has 0 bridgehead atoms. The number of halogens is 1. The van der Waals surface area contributed by atoms with Crippen LogP contribution in [-0.2, 0) is 20.2 Å². The summed E-state index contributed by atoms with van der Waals surface area (Å²) < 4.78 is 68.9. The summed E-state index contributed by atoms with van der Waals surface area (Å²) in [5.41, 5.74) is 8.81. The standard InChI is InChI=1S/C31H23ClN6O7S3/c1-15-12-25(16(2)11-24(15)36-35-22-9-5-18(32)13-26(22)47(40,41)42)37-38-28-27(48(43,44)45)14-21-20(29(28)39)8-10-23-30(21)46-31(34-23)17-3-6-19(33)7-4-17/h3-14,39H,33H2,1-2H3,(H,40,41,42)(H,43,44,45). The van der Waals surface area contributed by atoms with Crippen molar-refractivity contribution in [3.05, 3.63) is 88.9 Å². The Bertz CT molecular complexity index is 2570. The Morgan fingerprint density at radius 3 is 1.96 bits per heavy atom. The topological polar surface area (TPSA) is 217 Å². The lowest BCUT2D eigenvalue weighted by Crippen LogP contribution is -1.99. The van der Waals surface area contributed by atoms with Crippen LogP contribution in [0.15, 0.2) is 103 Å². The monoisotopic (exact) mass is 722 g/mol. The van der Waals surface area contributed by atoms with Crippen LogP contribution >= 0.6 is 22.9 Å². The predicted octanol–water partition coefficient (Wildman–Crippen LogP) is 9.00. The van der Waals surface area contributed by atoms with E-state index < -0.39 is 41.5 Å². The zero-order chi connectivity index (χ0) is 34.5. The van der Waals surface area contributed by atoms with Gasteiger partial charge < -0.3 is 10.8 Å². The molecule has 6 rings (SSSR count). The van der Waals surface area contributed by atoms with Gasteiger partial charge in [-0.2, -0.15) is 27.1 Å². The number of nitrogens with zero attached hydrogens (tertiary/aromatic N) is 5. The van der Waals surface area contributed by atoms with Crippen LogP contribution in [0.5, 0.6) is 5.75 Å². The zero-order valence-electron chi connectivity index (χ0n) is 24.8. The van der Waals surface area contributed by atoms with Gasteiger partial charge in [0.05, 0.1) is 21.6 Å². The number of azo groups is 2. The normalized spacial score (nSPS) is 12.6. The number of hydrogen-bond donors (Lipinski definition) is 4. The number of thiazole rings is 1. The van der Waals surface area contributed by atoms with Crippen LogP contribution in [0, 0.1) is 13.8 Å². The van der Waals surface area contributed by atoms with E-state index in [9.17, 15) is 31.0 Å². The SMILES string of the molecule is Cc1cc(N=Nc2c(S(=O)(=O)O)cc3c(ccc4nc(-c5ccc(N)cc5)sc43)c2O)c(C)cc1N=Nc1ccc(Cl)cc1S(=O)(=O)O. The van der Waals surface area contributed by atoms with E-state index in [1.165, 1.54) is 29.5 Å². The van der Waals surface area contributed by atoms with Gasteiger partial charge in [-0.05, 0) is 97.8 Å². The Kier molecular flexibility index (Phi) is 8.49. The van der Waals surface area contributed by atoms with Gasteiger partial charge in [0, 0.05) is 27.0 Å². The third-order valence-corrected chi connectivity index (χ3v) is 10.4. The molecule has 6 aromatic rings. The van der Waals surface area contributed by atoms with Crippen molar-refractivity contribution in [1.82, 2.24) is 4.98 Å². The lowest BCUT2D eigenvalue weighted by Gasteiger charge is -2.10. The average Bonchev–Trinajstić information content (AvgIpc) is 3.46. The maximum Gasteiger partial charge on any atom is 0.296 e. The van der Waals surface area contributed by atoms with Crippen LogP contribution in [0.25, 0.3) is 31.6 Å². The Morgan fingerprint density at radius 2 is 1.33 bits per heavy atom. The van der Waals surface area contributed by atoms with E-state index in [4.69, 9.17) is 17.3 Å². The minimum atomic E-state index is -4.89. The van der Waals surface area contributed by atoms with Crippen molar-refractivity contribution in [2.45, 2.75) is 23.6 Å². The van der Waals surface area contributed by atoms with Crippen molar-refractivity contribution in [2.24, 2.45) is 20.5 Å². The van der Waals surface area contributed by atoms with E-state index in [2.05, 4.69) is 25.4 Å². The minimum Gasteiger partial charge on any atom is -0.505 e. The second-order valence-corrected chi connectivity index (χ2v) is 14.8. The van der Waals surface area contributed by atoms with Crippen molar-refractivity contribution in [3.8, 4) is 16.3 Å². The van der Waals surface area contributed by atoms with Gasteiger partial charge in [-0.3, -0.25) is 9.11 Å². The summed E-state index contributed by atoms with van der Waals surface area (Å²) in [6.07, 6.45) is 0. The first kappa shape index (κ1) is 33.1. The first-order valence-electron chi connectivity index (χ1n) is 13.7. The van der Waals surface area contributed by atoms with Gasteiger partial charge in [0.25, 0.3) is 20.2 Å². The molecule has 0 atom stereocenters. The molecule has 244 valence electrons. The molecule has 0 radical (unpaired) electrons. The molecule has 5 N–H and O–H groups in total. The molecule has 13 nitrogen and oxygen atoms in total. The third kappa shape index (κ3) is 6.49. The molecule has 1 heterocycles. The number of aromatic nitrogens is 1. The Labute approximate surface area is 282 Å². The van der Waals surface area contributed by atoms with Crippen LogP contribution < -0.4 is 5.73 Å². The lowest BCUT2D eigenvalue weighted by atomic mass is 10.1. The summed E-state index contributed by atoms with van der Waals surface area (Å²) in [6, 6.07) is 18.5. The van der Waals surface area contributed by atoms with Gasteiger partial charge in [0.2, 0.25) is 0 Å². The Balaban J connectivity index is 1.40. The number of benzene rings is 5. The number of phenolic OH excluding ortho intramolecular Hbond substituents is 1. The average molecular weight is 723 g/mol. The van der Waals surface area contributed by atoms with Gasteiger partial charge in [-0.25, -0.2) is 4.98 Å². The summed E-state index contributed by atoms with van der Waals surface area (Å²) >= 11 is 7.15. The molecule has 0 aliphatic rings. The molecular formula is C31H23ClN6O7S3. The second kappa shape index (κ2) is 12.3. The molecule has 17 heteroatoms. The fourth-order valence-corrected chi connectivity index (χ4v) is 7.46. The molecule has 0 unspecified atom stereocenters. The summed E-state index contributed by atoms with van der Waals surface area (Å²) in [6.45, 7) is 3.34. The highest BCUT2D eigenvalue weighted by atomic mass is 35.5.